The first kappa shape index (κ1) is 18.4. The number of azo groups is 1. The average Bonchev–Trinajstić information content (AvgIpc) is 2.96. The van der Waals surface area contributed by atoms with Gasteiger partial charge in [0.05, 0.1) is 10.9 Å². The van der Waals surface area contributed by atoms with Crippen molar-refractivity contribution in [2.75, 3.05) is 24.7 Å². The molecule has 0 atom stereocenters. The maximum atomic E-state index is 10.7. The van der Waals surface area contributed by atoms with Crippen molar-refractivity contribution in [1.82, 2.24) is 5.10 Å². The van der Waals surface area contributed by atoms with Crippen molar-refractivity contribution in [3.63, 3.8) is 0 Å². The van der Waals surface area contributed by atoms with Gasteiger partial charge in [-0.15, -0.1) is 4.68 Å². The van der Waals surface area contributed by atoms with Crippen LogP contribution >= 0.6 is 11.3 Å². The van der Waals surface area contributed by atoms with Gasteiger partial charge in [-0.3, -0.25) is 4.55 Å². The van der Waals surface area contributed by atoms with E-state index in [9.17, 15) is 8.42 Å². The van der Waals surface area contributed by atoms with E-state index in [1.807, 2.05) is 43.3 Å². The Labute approximate surface area is 145 Å². The molecule has 10 heteroatoms. The quantitative estimate of drug-likeness (QED) is 0.333. The van der Waals surface area contributed by atoms with Crippen LogP contribution < -0.4 is 9.58 Å². The molecule has 2 rings (SSSR count). The molecule has 0 aliphatic rings. The number of unbranched alkanes of at least 4 members (excludes halogenated alkanes) is 1. The number of benzene rings is 1. The van der Waals surface area contributed by atoms with E-state index in [4.69, 9.17) is 4.55 Å². The van der Waals surface area contributed by atoms with Gasteiger partial charge < -0.3 is 4.90 Å². The smallest absolute Gasteiger partial charge is 0.378 e. The summed E-state index contributed by atoms with van der Waals surface area (Å²) in [5.74, 6) is -0.243. The Balaban J connectivity index is 1.94. The Morgan fingerprint density at radius 3 is 2.54 bits per heavy atom. The molecule has 0 aliphatic carbocycles. The Bertz CT molecular complexity index is 785. The van der Waals surface area contributed by atoms with Gasteiger partial charge in [0.1, 0.15) is 17.7 Å². The van der Waals surface area contributed by atoms with Crippen LogP contribution in [0.15, 0.2) is 40.0 Å². The molecule has 0 amide bonds. The summed E-state index contributed by atoms with van der Waals surface area (Å²) in [7, 11) is 0.0383. The molecule has 130 valence electrons. The number of hydrogen-bond donors (Lipinski definition) is 1. The van der Waals surface area contributed by atoms with E-state index in [0.29, 0.717) is 24.5 Å². The minimum absolute atomic E-state index is 0.243. The van der Waals surface area contributed by atoms with Gasteiger partial charge in [0.2, 0.25) is 0 Å². The summed E-state index contributed by atoms with van der Waals surface area (Å²) in [5, 5.41) is 13.2. The Morgan fingerprint density at radius 1 is 1.21 bits per heavy atom. The second kappa shape index (κ2) is 8.27. The van der Waals surface area contributed by atoms with Gasteiger partial charge in [-0.25, -0.2) is 0 Å². The van der Waals surface area contributed by atoms with E-state index in [0.717, 1.165) is 11.4 Å². The fraction of sp³-hybridized carbons (Fsp3) is 0.429. The van der Waals surface area contributed by atoms with Crippen LogP contribution in [-0.4, -0.2) is 37.9 Å². The summed E-state index contributed by atoms with van der Waals surface area (Å²) < 4.78 is 31.7. The minimum atomic E-state index is -3.90. The summed E-state index contributed by atoms with van der Waals surface area (Å²) in [4.78, 5) is 2.00. The number of hydrogen-bond acceptors (Lipinski definition) is 7. The normalized spacial score (nSPS) is 12.0. The van der Waals surface area contributed by atoms with Crippen molar-refractivity contribution < 1.29 is 17.7 Å². The van der Waals surface area contributed by atoms with Crippen molar-refractivity contribution in [2.45, 2.75) is 19.4 Å². The molecule has 1 aromatic heterocycles. The van der Waals surface area contributed by atoms with E-state index in [2.05, 4.69) is 15.3 Å². The van der Waals surface area contributed by atoms with Crippen LogP contribution in [0.2, 0.25) is 0 Å². The number of rotatable bonds is 8. The molecule has 1 aromatic carbocycles. The Hall–Kier alpha value is -1.91. The van der Waals surface area contributed by atoms with Crippen LogP contribution in [0, 0.1) is 0 Å². The minimum Gasteiger partial charge on any atom is -0.378 e. The van der Waals surface area contributed by atoms with Crippen LogP contribution in [0.3, 0.4) is 0 Å². The molecule has 1 heterocycles. The molecule has 8 nitrogen and oxygen atoms in total. The van der Waals surface area contributed by atoms with Gasteiger partial charge in [-0.2, -0.15) is 8.42 Å². The lowest BCUT2D eigenvalue weighted by atomic mass is 10.3. The Kier molecular flexibility index (Phi) is 6.35. The second-order valence-corrected chi connectivity index (χ2v) is 7.73. The molecule has 0 saturated heterocycles. The molecule has 0 spiro atoms. The highest BCUT2D eigenvalue weighted by Gasteiger charge is 2.14. The average molecular weight is 370 g/mol. The maximum Gasteiger partial charge on any atom is 0.430 e. The molecule has 1 N–H and O–H groups in total. The van der Waals surface area contributed by atoms with Crippen LogP contribution in [-0.2, 0) is 16.7 Å². The zero-order chi connectivity index (χ0) is 17.6. The lowest BCUT2D eigenvalue weighted by Gasteiger charge is -2.11. The lowest BCUT2D eigenvalue weighted by Crippen LogP contribution is -2.35. The SMILES string of the molecule is CN(C)c1ccc(N=Nc2scn[n+]2CCCCS(=O)(=O)O)cc1. The molecular formula is C14H20N5O3S2+. The van der Waals surface area contributed by atoms with Gasteiger partial charge >= 0.3 is 5.13 Å². The first-order valence-corrected chi connectivity index (χ1v) is 9.82. The highest BCUT2D eigenvalue weighted by Crippen LogP contribution is 2.21. The number of anilines is 1. The maximum absolute atomic E-state index is 10.7. The number of aryl methyl sites for hydroxylation is 1. The van der Waals surface area contributed by atoms with Gasteiger partial charge in [-0.05, 0) is 53.6 Å². The van der Waals surface area contributed by atoms with Crippen molar-refractivity contribution in [1.29, 1.82) is 0 Å². The van der Waals surface area contributed by atoms with E-state index >= 15 is 0 Å². The number of nitrogens with zero attached hydrogens (tertiary/aromatic N) is 5. The van der Waals surface area contributed by atoms with Crippen molar-refractivity contribution >= 4 is 38.0 Å². The topological polar surface area (TPSA) is 99.1 Å². The lowest BCUT2D eigenvalue weighted by molar-refractivity contribution is -0.737. The third kappa shape index (κ3) is 5.95. The van der Waals surface area contributed by atoms with Gasteiger partial charge in [0, 0.05) is 19.8 Å². The van der Waals surface area contributed by atoms with Crippen LogP contribution in [0.4, 0.5) is 16.5 Å². The van der Waals surface area contributed by atoms with Crippen LogP contribution in [0.1, 0.15) is 12.8 Å². The zero-order valence-corrected chi connectivity index (χ0v) is 15.2. The molecule has 0 radical (unpaired) electrons. The monoisotopic (exact) mass is 370 g/mol. The van der Waals surface area contributed by atoms with E-state index < -0.39 is 10.1 Å². The van der Waals surface area contributed by atoms with E-state index in [1.54, 1.807) is 10.2 Å². The summed E-state index contributed by atoms with van der Waals surface area (Å²) in [6.07, 6.45) is 0.945. The standard InChI is InChI=1S/C14H19N5O3S2/c1-18(2)13-7-5-12(6-8-13)16-17-14-19(15-11-23-14)9-3-4-10-24(20,21)22/h5-8,11H,3-4,9-10H2,1-2H3/p+1. The summed E-state index contributed by atoms with van der Waals surface area (Å²) in [6, 6.07) is 7.70. The third-order valence-corrected chi connectivity index (χ3v) is 4.71. The Morgan fingerprint density at radius 2 is 1.92 bits per heavy atom. The molecule has 24 heavy (non-hydrogen) atoms. The van der Waals surface area contributed by atoms with Gasteiger partial charge in [0.25, 0.3) is 10.1 Å². The third-order valence-electron chi connectivity index (χ3n) is 3.20. The number of aromatic nitrogens is 2. The van der Waals surface area contributed by atoms with E-state index in [-0.39, 0.29) is 5.75 Å². The van der Waals surface area contributed by atoms with Gasteiger partial charge in [-0.1, -0.05) is 5.10 Å². The van der Waals surface area contributed by atoms with Gasteiger partial charge in [0.15, 0.2) is 0 Å². The molecular weight excluding hydrogens is 350 g/mol. The largest absolute Gasteiger partial charge is 0.430 e. The fourth-order valence-corrected chi connectivity index (χ4v) is 3.10. The molecule has 2 aromatic rings. The predicted molar refractivity (Wildman–Crippen MR) is 92.9 cm³/mol. The molecule has 0 fully saturated rings. The van der Waals surface area contributed by atoms with Crippen molar-refractivity contribution in [3.8, 4) is 0 Å². The second-order valence-electron chi connectivity index (χ2n) is 5.35. The first-order valence-electron chi connectivity index (χ1n) is 7.33. The highest BCUT2D eigenvalue weighted by atomic mass is 32.2. The fourth-order valence-electron chi connectivity index (χ4n) is 1.93. The van der Waals surface area contributed by atoms with Crippen LogP contribution in [0.25, 0.3) is 0 Å². The van der Waals surface area contributed by atoms with Crippen molar-refractivity contribution in [3.05, 3.63) is 29.8 Å². The molecule has 0 bridgehead atoms. The zero-order valence-electron chi connectivity index (χ0n) is 13.5. The highest BCUT2D eigenvalue weighted by molar-refractivity contribution is 7.85. The summed E-state index contributed by atoms with van der Waals surface area (Å²) in [5.41, 5.74) is 3.49. The summed E-state index contributed by atoms with van der Waals surface area (Å²) >= 11 is 1.36. The predicted octanol–water partition coefficient (Wildman–Crippen LogP) is 2.58. The molecule has 0 saturated carbocycles. The molecule has 0 aliphatic heterocycles. The first-order chi connectivity index (χ1) is 11.3. The summed E-state index contributed by atoms with van der Waals surface area (Å²) in [6.45, 7) is 0.521. The van der Waals surface area contributed by atoms with Crippen molar-refractivity contribution in [2.24, 2.45) is 10.2 Å². The van der Waals surface area contributed by atoms with E-state index in [1.165, 1.54) is 11.3 Å². The molecule has 0 unspecified atom stereocenters. The van der Waals surface area contributed by atoms with Crippen LogP contribution in [0.5, 0.6) is 0 Å².